The minimum atomic E-state index is -4.04. The lowest BCUT2D eigenvalue weighted by Crippen LogP contribution is -2.39. The van der Waals surface area contributed by atoms with E-state index in [0.29, 0.717) is 4.47 Å². The van der Waals surface area contributed by atoms with Crippen molar-refractivity contribution in [1.82, 2.24) is 9.62 Å². The molecule has 1 saturated carbocycles. The van der Waals surface area contributed by atoms with Gasteiger partial charge in [-0.15, -0.1) is 0 Å². The number of nitrogens with zero attached hydrogens (tertiary/aromatic N) is 1. The van der Waals surface area contributed by atoms with Crippen LogP contribution in [0.15, 0.2) is 27.6 Å². The minimum absolute atomic E-state index is 0.154. The molecule has 1 fully saturated rings. The summed E-state index contributed by atoms with van der Waals surface area (Å²) in [5, 5.41) is 2.69. The van der Waals surface area contributed by atoms with Crippen LogP contribution in [0.3, 0.4) is 0 Å². The molecule has 110 valence electrons. The first-order valence-corrected chi connectivity index (χ1v) is 8.25. The lowest BCUT2D eigenvalue weighted by Gasteiger charge is -2.17. The zero-order chi connectivity index (χ0) is 14.9. The molecule has 20 heavy (non-hydrogen) atoms. The molecule has 0 radical (unpaired) electrons. The van der Waals surface area contributed by atoms with E-state index in [1.54, 1.807) is 0 Å². The fourth-order valence-electron chi connectivity index (χ4n) is 1.63. The number of hydrogen-bond acceptors (Lipinski definition) is 3. The number of nitrogens with one attached hydrogen (secondary N) is 1. The Kier molecular flexibility index (Phi) is 4.46. The van der Waals surface area contributed by atoms with Gasteiger partial charge in [0.05, 0.1) is 6.54 Å². The molecule has 2 rings (SSSR count). The highest BCUT2D eigenvalue weighted by atomic mass is 79.9. The van der Waals surface area contributed by atoms with Crippen molar-refractivity contribution in [3.63, 3.8) is 0 Å². The van der Waals surface area contributed by atoms with Crippen molar-refractivity contribution >= 4 is 31.9 Å². The lowest BCUT2D eigenvalue weighted by molar-refractivity contribution is -0.121. The third kappa shape index (κ3) is 3.56. The summed E-state index contributed by atoms with van der Waals surface area (Å²) in [4.78, 5) is 11.2. The van der Waals surface area contributed by atoms with Crippen molar-refractivity contribution in [2.24, 2.45) is 0 Å². The number of carbonyl (C=O) groups is 1. The number of likely N-dealkylation sites (N-methyl/N-ethyl adjacent to an activating group) is 1. The Labute approximate surface area is 125 Å². The lowest BCUT2D eigenvalue weighted by atomic mass is 10.3. The molecule has 1 aromatic rings. The first kappa shape index (κ1) is 15.4. The van der Waals surface area contributed by atoms with Gasteiger partial charge < -0.3 is 5.32 Å². The summed E-state index contributed by atoms with van der Waals surface area (Å²) >= 11 is 3.10. The van der Waals surface area contributed by atoms with Crippen molar-refractivity contribution in [1.29, 1.82) is 0 Å². The second-order valence-electron chi connectivity index (χ2n) is 4.68. The molecule has 0 saturated heterocycles. The smallest absolute Gasteiger partial charge is 0.246 e. The van der Waals surface area contributed by atoms with E-state index >= 15 is 0 Å². The molecule has 0 unspecified atom stereocenters. The van der Waals surface area contributed by atoms with Gasteiger partial charge in [-0.05, 0) is 31.0 Å². The fourth-order valence-corrected chi connectivity index (χ4v) is 3.36. The first-order chi connectivity index (χ1) is 9.30. The Morgan fingerprint density at radius 3 is 2.75 bits per heavy atom. The van der Waals surface area contributed by atoms with Gasteiger partial charge in [-0.2, -0.15) is 4.31 Å². The van der Waals surface area contributed by atoms with Crippen LogP contribution in [0.25, 0.3) is 0 Å². The van der Waals surface area contributed by atoms with E-state index < -0.39 is 20.7 Å². The monoisotopic (exact) mass is 364 g/mol. The van der Waals surface area contributed by atoms with Crippen LogP contribution >= 0.6 is 15.9 Å². The summed E-state index contributed by atoms with van der Waals surface area (Å²) in [5.41, 5.74) is 0. The summed E-state index contributed by atoms with van der Waals surface area (Å²) in [6.45, 7) is -0.329. The van der Waals surface area contributed by atoms with Crippen LogP contribution in [0, 0.1) is 5.82 Å². The van der Waals surface area contributed by atoms with E-state index in [2.05, 4.69) is 21.2 Å². The second-order valence-corrected chi connectivity index (χ2v) is 7.61. The predicted octanol–water partition coefficient (Wildman–Crippen LogP) is 1.49. The average molecular weight is 365 g/mol. The van der Waals surface area contributed by atoms with Gasteiger partial charge in [0, 0.05) is 17.6 Å². The quantitative estimate of drug-likeness (QED) is 0.860. The fraction of sp³-hybridized carbons (Fsp3) is 0.417. The summed E-state index contributed by atoms with van der Waals surface area (Å²) < 4.78 is 39.4. The van der Waals surface area contributed by atoms with E-state index in [-0.39, 0.29) is 18.5 Å². The highest BCUT2D eigenvalue weighted by Crippen LogP contribution is 2.23. The predicted molar refractivity (Wildman–Crippen MR) is 75.1 cm³/mol. The number of sulfonamides is 1. The van der Waals surface area contributed by atoms with Crippen LogP contribution in [0.4, 0.5) is 4.39 Å². The number of hydrogen-bond donors (Lipinski definition) is 1. The standard InChI is InChI=1S/C12H14BrFN2O3S/c1-16(7-12(17)15-9-3-4-9)20(18,19)11-6-8(13)2-5-10(11)14/h2,5-6,9H,3-4,7H2,1H3,(H,15,17). The van der Waals surface area contributed by atoms with Crippen LogP contribution in [0.2, 0.25) is 0 Å². The van der Waals surface area contributed by atoms with Gasteiger partial charge in [-0.3, -0.25) is 4.79 Å². The Morgan fingerprint density at radius 2 is 2.15 bits per heavy atom. The van der Waals surface area contributed by atoms with E-state index in [4.69, 9.17) is 0 Å². The summed E-state index contributed by atoms with van der Waals surface area (Å²) in [7, 11) is -2.78. The molecule has 1 N–H and O–H groups in total. The number of amides is 1. The maximum absolute atomic E-state index is 13.7. The molecule has 0 bridgehead atoms. The molecule has 1 amide bonds. The molecule has 0 atom stereocenters. The van der Waals surface area contributed by atoms with Gasteiger partial charge in [0.25, 0.3) is 0 Å². The molecule has 0 aliphatic heterocycles. The van der Waals surface area contributed by atoms with Gasteiger partial charge in [0.1, 0.15) is 10.7 Å². The maximum Gasteiger partial charge on any atom is 0.246 e. The summed E-state index contributed by atoms with van der Waals surface area (Å²) in [5.74, 6) is -1.23. The van der Waals surface area contributed by atoms with Crippen LogP contribution in [-0.2, 0) is 14.8 Å². The third-order valence-corrected chi connectivity index (χ3v) is 5.20. The highest BCUT2D eigenvalue weighted by Gasteiger charge is 2.28. The van der Waals surface area contributed by atoms with Gasteiger partial charge in [0.15, 0.2) is 0 Å². The molecular formula is C12H14BrFN2O3S. The van der Waals surface area contributed by atoms with Crippen molar-refractivity contribution in [3.8, 4) is 0 Å². The zero-order valence-electron chi connectivity index (χ0n) is 10.8. The van der Waals surface area contributed by atoms with Gasteiger partial charge >= 0.3 is 0 Å². The SMILES string of the molecule is CN(CC(=O)NC1CC1)S(=O)(=O)c1cc(Br)ccc1F. The van der Waals surface area contributed by atoms with Crippen LogP contribution in [-0.4, -0.2) is 38.3 Å². The molecule has 0 aromatic heterocycles. The van der Waals surface area contributed by atoms with Gasteiger partial charge in [-0.1, -0.05) is 15.9 Å². The second kappa shape index (κ2) is 5.79. The summed E-state index contributed by atoms with van der Waals surface area (Å²) in [6, 6.07) is 3.81. The number of halogens is 2. The van der Waals surface area contributed by atoms with Crippen molar-refractivity contribution in [3.05, 3.63) is 28.5 Å². The molecule has 1 aliphatic rings. The van der Waals surface area contributed by atoms with Gasteiger partial charge in [0.2, 0.25) is 15.9 Å². The van der Waals surface area contributed by atoms with Crippen molar-refractivity contribution in [2.45, 2.75) is 23.8 Å². The number of benzene rings is 1. The Morgan fingerprint density at radius 1 is 1.50 bits per heavy atom. The van der Waals surface area contributed by atoms with Crippen molar-refractivity contribution in [2.75, 3.05) is 13.6 Å². The molecule has 0 heterocycles. The third-order valence-electron chi connectivity index (χ3n) is 2.89. The Bertz CT molecular complexity index is 632. The van der Waals surface area contributed by atoms with E-state index in [9.17, 15) is 17.6 Å². The van der Waals surface area contributed by atoms with E-state index in [0.717, 1.165) is 23.2 Å². The van der Waals surface area contributed by atoms with E-state index in [1.165, 1.54) is 19.2 Å². The number of rotatable bonds is 5. The molecule has 8 heteroatoms. The largest absolute Gasteiger partial charge is 0.352 e. The van der Waals surface area contributed by atoms with Crippen molar-refractivity contribution < 1.29 is 17.6 Å². The number of carbonyl (C=O) groups excluding carboxylic acids is 1. The van der Waals surface area contributed by atoms with Crippen LogP contribution < -0.4 is 5.32 Å². The normalized spacial score (nSPS) is 15.4. The Balaban J connectivity index is 2.15. The Hall–Kier alpha value is -0.990. The highest BCUT2D eigenvalue weighted by molar-refractivity contribution is 9.10. The van der Waals surface area contributed by atoms with Crippen LogP contribution in [0.5, 0.6) is 0 Å². The first-order valence-electron chi connectivity index (χ1n) is 6.01. The van der Waals surface area contributed by atoms with Crippen LogP contribution in [0.1, 0.15) is 12.8 Å². The molecule has 0 spiro atoms. The topological polar surface area (TPSA) is 66.5 Å². The maximum atomic E-state index is 13.7. The molecule has 5 nitrogen and oxygen atoms in total. The minimum Gasteiger partial charge on any atom is -0.352 e. The summed E-state index contributed by atoms with van der Waals surface area (Å²) in [6.07, 6.45) is 1.84. The molecular weight excluding hydrogens is 351 g/mol. The van der Waals surface area contributed by atoms with Gasteiger partial charge in [-0.25, -0.2) is 12.8 Å². The molecule has 1 aliphatic carbocycles. The molecule has 1 aromatic carbocycles. The van der Waals surface area contributed by atoms with E-state index in [1.807, 2.05) is 0 Å². The zero-order valence-corrected chi connectivity index (χ0v) is 13.2. The average Bonchev–Trinajstić information content (AvgIpc) is 3.15.